The maximum Gasteiger partial charge on any atom is 0.230 e. The zero-order valence-electron chi connectivity index (χ0n) is 12.7. The van der Waals surface area contributed by atoms with Crippen molar-refractivity contribution in [2.75, 3.05) is 18.5 Å². The third kappa shape index (κ3) is 5.13. The number of benzene rings is 1. The zero-order chi connectivity index (χ0) is 15.9. The molecule has 2 rings (SSSR count). The van der Waals surface area contributed by atoms with E-state index in [0.717, 1.165) is 25.0 Å². The number of carboxylic acid groups (broad SMARTS) is 1. The van der Waals surface area contributed by atoms with Gasteiger partial charge in [0.25, 0.3) is 0 Å². The molecule has 1 aliphatic rings. The maximum absolute atomic E-state index is 12.0. The highest BCUT2D eigenvalue weighted by molar-refractivity contribution is 5.93. The fourth-order valence-electron chi connectivity index (χ4n) is 2.46. The molecule has 120 valence electrons. The van der Waals surface area contributed by atoms with Crippen LogP contribution in [0.3, 0.4) is 0 Å². The Morgan fingerprint density at radius 1 is 1.41 bits per heavy atom. The highest BCUT2D eigenvalue weighted by Gasteiger charge is 2.23. The van der Waals surface area contributed by atoms with Gasteiger partial charge < -0.3 is 25.3 Å². The highest BCUT2D eigenvalue weighted by atomic mass is 16.5. The van der Waals surface area contributed by atoms with E-state index in [4.69, 9.17) is 4.74 Å². The summed E-state index contributed by atoms with van der Waals surface area (Å²) in [4.78, 5) is 23.1. The Morgan fingerprint density at radius 2 is 2.14 bits per heavy atom. The lowest BCUT2D eigenvalue weighted by Crippen LogP contribution is -2.94. The fraction of sp³-hybridized carbons (Fsp3) is 0.500. The fourth-order valence-corrected chi connectivity index (χ4v) is 2.46. The molecule has 1 aliphatic heterocycles. The van der Waals surface area contributed by atoms with Crippen LogP contribution in [0, 0.1) is 6.92 Å². The number of anilines is 1. The van der Waals surface area contributed by atoms with Crippen LogP contribution < -0.4 is 15.7 Å². The van der Waals surface area contributed by atoms with Gasteiger partial charge in [-0.2, -0.15) is 0 Å². The molecule has 0 unspecified atom stereocenters. The SMILES string of the molecule is Cc1ccc(NC(=O)C[C@@H]([NH2+]C[C@@H]2CCCO2)C(=O)[O-])cc1. The standard InChI is InChI=1S/C16H22N2O4/c1-11-4-6-12(7-5-11)18-15(19)9-14(16(20)21)17-10-13-3-2-8-22-13/h4-7,13-14,17H,2-3,8-10H2,1H3,(H,18,19)(H,20,21)/t13-,14+/m0/s1. The van der Waals surface area contributed by atoms with Gasteiger partial charge in [0.05, 0.1) is 12.4 Å². The van der Waals surface area contributed by atoms with Gasteiger partial charge in [-0.3, -0.25) is 4.79 Å². The minimum atomic E-state index is -1.22. The molecule has 0 aliphatic carbocycles. The number of nitrogens with two attached hydrogens (primary N) is 1. The van der Waals surface area contributed by atoms with E-state index in [1.807, 2.05) is 19.1 Å². The molecule has 1 heterocycles. The molecule has 3 N–H and O–H groups in total. The van der Waals surface area contributed by atoms with Gasteiger partial charge >= 0.3 is 0 Å². The van der Waals surface area contributed by atoms with E-state index >= 15 is 0 Å². The Morgan fingerprint density at radius 3 is 2.73 bits per heavy atom. The summed E-state index contributed by atoms with van der Waals surface area (Å²) in [5.41, 5.74) is 1.75. The Labute approximate surface area is 129 Å². The van der Waals surface area contributed by atoms with Gasteiger partial charge in [0.2, 0.25) is 5.91 Å². The van der Waals surface area contributed by atoms with Crippen LogP contribution >= 0.6 is 0 Å². The average molecular weight is 306 g/mol. The Kier molecular flexibility index (Phi) is 5.91. The molecule has 6 heteroatoms. The summed E-state index contributed by atoms with van der Waals surface area (Å²) in [7, 11) is 0. The molecule has 0 aromatic heterocycles. The zero-order valence-corrected chi connectivity index (χ0v) is 12.7. The van der Waals surface area contributed by atoms with Crippen molar-refractivity contribution in [3.05, 3.63) is 29.8 Å². The summed E-state index contributed by atoms with van der Waals surface area (Å²) in [6.07, 6.45) is 1.89. The number of aryl methyl sites for hydroxylation is 1. The molecule has 1 saturated heterocycles. The van der Waals surface area contributed by atoms with E-state index in [1.54, 1.807) is 17.4 Å². The first kappa shape index (κ1) is 16.5. The monoisotopic (exact) mass is 306 g/mol. The number of hydrogen-bond acceptors (Lipinski definition) is 4. The van der Waals surface area contributed by atoms with E-state index < -0.39 is 12.0 Å². The van der Waals surface area contributed by atoms with Crippen molar-refractivity contribution < 1.29 is 24.7 Å². The van der Waals surface area contributed by atoms with Crippen LogP contribution in [0.25, 0.3) is 0 Å². The molecule has 1 aromatic carbocycles. The second kappa shape index (κ2) is 7.91. The Bertz CT molecular complexity index is 509. The molecule has 2 atom stereocenters. The quantitative estimate of drug-likeness (QED) is 0.688. The molecule has 0 saturated carbocycles. The van der Waals surface area contributed by atoms with Crippen molar-refractivity contribution in [3.63, 3.8) is 0 Å². The first-order chi connectivity index (χ1) is 10.5. The molecule has 1 aromatic rings. The largest absolute Gasteiger partial charge is 0.544 e. The first-order valence-electron chi connectivity index (χ1n) is 7.57. The minimum Gasteiger partial charge on any atom is -0.544 e. The van der Waals surface area contributed by atoms with Crippen LogP contribution in [0.15, 0.2) is 24.3 Å². The molecule has 0 radical (unpaired) electrons. The molecule has 6 nitrogen and oxygen atoms in total. The van der Waals surface area contributed by atoms with Crippen LogP contribution in [-0.2, 0) is 14.3 Å². The highest BCUT2D eigenvalue weighted by Crippen LogP contribution is 2.10. The topological polar surface area (TPSA) is 95.1 Å². The first-order valence-corrected chi connectivity index (χ1v) is 7.57. The van der Waals surface area contributed by atoms with E-state index in [0.29, 0.717) is 12.2 Å². The summed E-state index contributed by atoms with van der Waals surface area (Å²) >= 11 is 0. The molecule has 1 amide bonds. The Hall–Kier alpha value is -1.92. The van der Waals surface area contributed by atoms with Gasteiger partial charge in [0, 0.05) is 12.3 Å². The lowest BCUT2D eigenvalue weighted by Gasteiger charge is -2.18. The number of quaternary nitrogens is 1. The number of amides is 1. The van der Waals surface area contributed by atoms with Gasteiger partial charge in [0.1, 0.15) is 18.7 Å². The van der Waals surface area contributed by atoms with Crippen molar-refractivity contribution in [1.82, 2.24) is 0 Å². The van der Waals surface area contributed by atoms with Gasteiger partial charge in [-0.05, 0) is 31.9 Å². The number of carbonyl (C=O) groups excluding carboxylic acids is 2. The van der Waals surface area contributed by atoms with Crippen LogP contribution in [0.4, 0.5) is 5.69 Å². The molecular weight excluding hydrogens is 284 g/mol. The van der Waals surface area contributed by atoms with Crippen LogP contribution in [0.1, 0.15) is 24.8 Å². The third-order valence-corrected chi connectivity index (χ3v) is 3.75. The van der Waals surface area contributed by atoms with Crippen molar-refractivity contribution >= 4 is 17.6 Å². The average Bonchev–Trinajstić information content (AvgIpc) is 2.99. The normalized spacial score (nSPS) is 18.9. The van der Waals surface area contributed by atoms with Crippen molar-refractivity contribution in [1.29, 1.82) is 0 Å². The van der Waals surface area contributed by atoms with E-state index in [2.05, 4.69) is 5.32 Å². The van der Waals surface area contributed by atoms with Crippen LogP contribution in [-0.4, -0.2) is 37.2 Å². The lowest BCUT2D eigenvalue weighted by atomic mass is 10.1. The van der Waals surface area contributed by atoms with Crippen molar-refractivity contribution in [2.45, 2.75) is 38.3 Å². The number of carboxylic acids is 1. The van der Waals surface area contributed by atoms with E-state index in [-0.39, 0.29) is 18.4 Å². The number of nitrogens with one attached hydrogen (secondary N) is 1. The number of rotatable bonds is 7. The molecular formula is C16H22N2O4. The molecule has 0 bridgehead atoms. The number of aliphatic carboxylic acids is 1. The number of hydrogen-bond donors (Lipinski definition) is 2. The maximum atomic E-state index is 12.0. The summed E-state index contributed by atoms with van der Waals surface area (Å²) in [5, 5.41) is 15.5. The second-order valence-electron chi connectivity index (χ2n) is 5.65. The molecule has 1 fully saturated rings. The summed E-state index contributed by atoms with van der Waals surface area (Å²) < 4.78 is 5.45. The van der Waals surface area contributed by atoms with Crippen molar-refractivity contribution in [2.24, 2.45) is 0 Å². The third-order valence-electron chi connectivity index (χ3n) is 3.75. The van der Waals surface area contributed by atoms with Crippen LogP contribution in [0.5, 0.6) is 0 Å². The predicted octanol–water partition coefficient (Wildman–Crippen LogP) is -0.815. The number of ether oxygens (including phenoxy) is 1. The minimum absolute atomic E-state index is 0.0713. The van der Waals surface area contributed by atoms with E-state index in [1.165, 1.54) is 0 Å². The van der Waals surface area contributed by atoms with E-state index in [9.17, 15) is 14.7 Å². The van der Waals surface area contributed by atoms with Crippen LogP contribution in [0.2, 0.25) is 0 Å². The van der Waals surface area contributed by atoms with Gasteiger partial charge in [-0.1, -0.05) is 17.7 Å². The van der Waals surface area contributed by atoms with Gasteiger partial charge in [0.15, 0.2) is 0 Å². The second-order valence-corrected chi connectivity index (χ2v) is 5.65. The lowest BCUT2D eigenvalue weighted by molar-refractivity contribution is -0.687. The molecule has 0 spiro atoms. The summed E-state index contributed by atoms with van der Waals surface area (Å²) in [6, 6.07) is 6.45. The van der Waals surface area contributed by atoms with Gasteiger partial charge in [-0.25, -0.2) is 0 Å². The number of carbonyl (C=O) groups is 2. The summed E-state index contributed by atoms with van der Waals surface area (Å²) in [5.74, 6) is -1.56. The van der Waals surface area contributed by atoms with Crippen molar-refractivity contribution in [3.8, 4) is 0 Å². The van der Waals surface area contributed by atoms with Gasteiger partial charge in [-0.15, -0.1) is 0 Å². The summed E-state index contributed by atoms with van der Waals surface area (Å²) in [6.45, 7) is 3.22. The predicted molar refractivity (Wildman–Crippen MR) is 79.0 cm³/mol. The molecule has 22 heavy (non-hydrogen) atoms. The Balaban J connectivity index is 1.82. The smallest absolute Gasteiger partial charge is 0.230 e.